The van der Waals surface area contributed by atoms with Crippen LogP contribution < -0.4 is 0 Å². The van der Waals surface area contributed by atoms with Gasteiger partial charge in [-0.25, -0.2) is 0 Å². The van der Waals surface area contributed by atoms with E-state index in [1.54, 1.807) is 0 Å². The Bertz CT molecular complexity index is 156. The third-order valence-electron chi connectivity index (χ3n) is 0.607. The third kappa shape index (κ3) is 5.76. The van der Waals surface area contributed by atoms with Crippen molar-refractivity contribution in [3.63, 3.8) is 0 Å². The molecular weight excluding hydrogens is 223 g/mol. The second-order valence-corrected chi connectivity index (χ2v) is 4.39. The fourth-order valence-corrected chi connectivity index (χ4v) is 1.63. The van der Waals surface area contributed by atoms with Gasteiger partial charge in [0.25, 0.3) is 0 Å². The van der Waals surface area contributed by atoms with Crippen LogP contribution in [-0.4, -0.2) is 14.5 Å². The van der Waals surface area contributed by atoms with Crippen molar-refractivity contribution in [1.82, 2.24) is 0 Å². The van der Waals surface area contributed by atoms with Crippen molar-refractivity contribution >= 4 is 14.5 Å². The molecule has 0 amide bonds. The van der Waals surface area contributed by atoms with Crippen LogP contribution in [0.25, 0.3) is 0 Å². The Morgan fingerprint density at radius 2 is 1.70 bits per heavy atom. The van der Waals surface area contributed by atoms with Gasteiger partial charge >= 0.3 is 66.3 Å². The maximum absolute atomic E-state index is 10.7. The summed E-state index contributed by atoms with van der Waals surface area (Å²) in [5.41, 5.74) is 0. The average Bonchev–Trinajstić information content (AvgIpc) is 1.58. The van der Waals surface area contributed by atoms with Gasteiger partial charge < -0.3 is 0 Å². The molecule has 0 bridgehead atoms. The first-order valence-electron chi connectivity index (χ1n) is 2.67. The van der Waals surface area contributed by atoms with Gasteiger partial charge in [-0.3, -0.25) is 0 Å². The maximum atomic E-state index is 10.7. The summed E-state index contributed by atoms with van der Waals surface area (Å²) in [7, 11) is 0. The van der Waals surface area contributed by atoms with Gasteiger partial charge in [-0.2, -0.15) is 0 Å². The van der Waals surface area contributed by atoms with Gasteiger partial charge in [0.2, 0.25) is 0 Å². The molecule has 0 fully saturated rings. The molecule has 0 atom stereocenters. The molecule has 0 aliphatic rings. The van der Waals surface area contributed by atoms with E-state index >= 15 is 0 Å². The molecule has 0 aromatic rings. The van der Waals surface area contributed by atoms with E-state index in [0.29, 0.717) is 0 Å². The van der Waals surface area contributed by atoms with Crippen molar-refractivity contribution in [2.45, 2.75) is 20.3 Å². The van der Waals surface area contributed by atoms with Crippen LogP contribution in [0.5, 0.6) is 0 Å². The summed E-state index contributed by atoms with van der Waals surface area (Å²) in [4.78, 5) is 31.3. The monoisotopic (exact) mass is 232 g/mol. The quantitative estimate of drug-likeness (QED) is 0.500. The fraction of sp³-hybridized carbons (Fsp3) is 0.500. The summed E-state index contributed by atoms with van der Waals surface area (Å²) in [6.45, 7) is 2.72. The van der Waals surface area contributed by atoms with Crippen molar-refractivity contribution in [3.8, 4) is 0 Å². The Labute approximate surface area is 66.8 Å². The molecule has 60 valence electrons. The molecule has 4 heteroatoms. The van der Waals surface area contributed by atoms with Gasteiger partial charge in [-0.05, 0) is 0 Å². The van der Waals surface area contributed by atoms with Crippen molar-refractivity contribution in [2.75, 3.05) is 0 Å². The van der Waals surface area contributed by atoms with E-state index in [0.717, 1.165) is 0 Å². The van der Waals surface area contributed by atoms with Crippen LogP contribution in [0.3, 0.4) is 0 Å². The number of carbonyl (C=O) groups excluding carboxylic acids is 3. The SMILES string of the molecule is CC(=O)C[C](=O)[RhH][C](C)=O. The second-order valence-electron chi connectivity index (χ2n) is 1.76. The van der Waals surface area contributed by atoms with Crippen LogP contribution in [-0.2, 0) is 31.5 Å². The standard InChI is InChI=1S/C4H5O2.C2H3O.Rh.H/c1-4(6)2-3-5;1-2-3;;/h2H2,1H3;1H3;;. The van der Waals surface area contributed by atoms with E-state index in [2.05, 4.69) is 0 Å². The van der Waals surface area contributed by atoms with Crippen molar-refractivity contribution < 1.29 is 31.5 Å². The number of ketones is 1. The number of hydrogen-bond acceptors (Lipinski definition) is 3. The molecule has 0 saturated heterocycles. The first-order chi connectivity index (χ1) is 4.52. The molecule has 0 aliphatic heterocycles. The molecule has 0 heterocycles. The first-order valence-corrected chi connectivity index (χ1v) is 4.41. The zero-order valence-electron chi connectivity index (χ0n) is 5.79. The molecule has 0 spiro atoms. The minimum atomic E-state index is -0.863. The zero-order chi connectivity index (χ0) is 8.15. The van der Waals surface area contributed by atoms with Crippen molar-refractivity contribution in [3.05, 3.63) is 0 Å². The number of hydrogen-bond donors (Lipinski definition) is 0. The van der Waals surface area contributed by atoms with E-state index < -0.39 is 17.1 Å². The van der Waals surface area contributed by atoms with E-state index in [4.69, 9.17) is 0 Å². The predicted molar refractivity (Wildman–Crippen MR) is 32.4 cm³/mol. The van der Waals surface area contributed by atoms with Gasteiger partial charge in [-0.1, -0.05) is 0 Å². The Hall–Kier alpha value is -0.367. The zero-order valence-corrected chi connectivity index (χ0v) is 7.52. The Morgan fingerprint density at radius 3 is 2.00 bits per heavy atom. The summed E-state index contributed by atoms with van der Waals surface area (Å²) < 4.78 is -0.300. The molecular formula is C6H9O3Rh. The van der Waals surface area contributed by atoms with Crippen LogP contribution in [0.1, 0.15) is 20.3 Å². The molecule has 0 aromatic heterocycles. The Kier molecular flexibility index (Phi) is 4.29. The fourth-order valence-electron chi connectivity index (χ4n) is 0.360. The summed E-state index contributed by atoms with van der Waals surface area (Å²) >= 11 is -0.863. The van der Waals surface area contributed by atoms with Crippen LogP contribution >= 0.6 is 0 Å². The van der Waals surface area contributed by atoms with Crippen LogP contribution in [0.2, 0.25) is 0 Å². The molecule has 0 saturated carbocycles. The first kappa shape index (κ1) is 9.63. The predicted octanol–water partition coefficient (Wildman–Crippen LogP) is -0.147. The van der Waals surface area contributed by atoms with E-state index in [1.807, 2.05) is 0 Å². The molecule has 0 aliphatic carbocycles. The summed E-state index contributed by atoms with van der Waals surface area (Å²) in [6.07, 6.45) is -0.0715. The van der Waals surface area contributed by atoms with Gasteiger partial charge in [0, 0.05) is 0 Å². The van der Waals surface area contributed by atoms with Crippen LogP contribution in [0.4, 0.5) is 0 Å². The van der Waals surface area contributed by atoms with Gasteiger partial charge in [0.1, 0.15) is 0 Å². The minimum absolute atomic E-state index is 0.0715. The molecule has 0 rings (SSSR count). The summed E-state index contributed by atoms with van der Waals surface area (Å²) in [6, 6.07) is 0. The number of Topliss-reactive ketones (excluding diaryl/α,β-unsaturated/α-hetero) is 1. The van der Waals surface area contributed by atoms with Gasteiger partial charge in [-0.15, -0.1) is 0 Å². The average molecular weight is 232 g/mol. The van der Waals surface area contributed by atoms with Crippen molar-refractivity contribution in [2.24, 2.45) is 0 Å². The Morgan fingerprint density at radius 1 is 1.20 bits per heavy atom. The normalized spacial score (nSPS) is 9.40. The van der Waals surface area contributed by atoms with Crippen LogP contribution in [0.15, 0.2) is 0 Å². The topological polar surface area (TPSA) is 51.2 Å². The molecule has 0 unspecified atom stereocenters. The van der Waals surface area contributed by atoms with Crippen LogP contribution in [0, 0.1) is 0 Å². The summed E-state index contributed by atoms with van der Waals surface area (Å²) in [5, 5.41) is 0. The Balaban J connectivity index is 3.65. The van der Waals surface area contributed by atoms with Gasteiger partial charge in [0.15, 0.2) is 0 Å². The number of carbonyl (C=O) groups is 3. The molecule has 0 aromatic carbocycles. The molecule has 0 radical (unpaired) electrons. The third-order valence-corrected chi connectivity index (χ3v) is 2.01. The van der Waals surface area contributed by atoms with E-state index in [1.165, 1.54) is 13.8 Å². The molecule has 3 nitrogen and oxygen atoms in total. The summed E-state index contributed by atoms with van der Waals surface area (Å²) in [5.74, 6) is -0.166. The number of rotatable bonds is 4. The van der Waals surface area contributed by atoms with E-state index in [-0.39, 0.29) is 21.0 Å². The van der Waals surface area contributed by atoms with Crippen molar-refractivity contribution in [1.29, 1.82) is 0 Å². The van der Waals surface area contributed by atoms with Gasteiger partial charge in [0.05, 0.1) is 0 Å². The second kappa shape index (κ2) is 4.45. The van der Waals surface area contributed by atoms with E-state index in [9.17, 15) is 14.4 Å². The molecule has 0 N–H and O–H groups in total. The molecule has 10 heavy (non-hydrogen) atoms.